The molecule has 112 valence electrons. The van der Waals surface area contributed by atoms with E-state index in [-0.39, 0.29) is 5.91 Å². The highest BCUT2D eigenvalue weighted by Crippen LogP contribution is 2.36. The molecule has 2 rings (SSSR count). The summed E-state index contributed by atoms with van der Waals surface area (Å²) in [6.45, 7) is 6.50. The number of carbonyl (C=O) groups is 3. The minimum Gasteiger partial charge on any atom is -0.443 e. The molecule has 1 heterocycles. The van der Waals surface area contributed by atoms with Crippen LogP contribution in [0.4, 0.5) is 10.5 Å². The molecule has 0 bridgehead atoms. The molecule has 1 N–H and O–H groups in total. The van der Waals surface area contributed by atoms with Crippen LogP contribution in [0.15, 0.2) is 24.3 Å². The molecule has 6 nitrogen and oxygen atoms in total. The van der Waals surface area contributed by atoms with Crippen molar-refractivity contribution in [2.24, 2.45) is 0 Å². The van der Waals surface area contributed by atoms with Crippen LogP contribution in [-0.4, -0.2) is 23.5 Å². The van der Waals surface area contributed by atoms with Gasteiger partial charge in [-0.05, 0) is 26.8 Å². The lowest BCUT2D eigenvalue weighted by Crippen LogP contribution is -2.42. The second kappa shape index (κ2) is 5.20. The number of hydrogen-bond donors (Lipinski definition) is 1. The first-order valence-corrected chi connectivity index (χ1v) is 6.63. The van der Waals surface area contributed by atoms with E-state index in [0.717, 1.165) is 4.90 Å². The molecular formula is C15H18N2O4. The maximum Gasteiger partial charge on any atom is 0.421 e. The van der Waals surface area contributed by atoms with Gasteiger partial charge in [-0.2, -0.15) is 0 Å². The summed E-state index contributed by atoms with van der Waals surface area (Å²) in [7, 11) is 0. The van der Waals surface area contributed by atoms with Gasteiger partial charge in [-0.15, -0.1) is 0 Å². The van der Waals surface area contributed by atoms with Crippen molar-refractivity contribution in [2.75, 3.05) is 4.90 Å². The molecule has 0 radical (unpaired) electrons. The van der Waals surface area contributed by atoms with Gasteiger partial charge in [0.15, 0.2) is 0 Å². The van der Waals surface area contributed by atoms with Crippen LogP contribution in [0.25, 0.3) is 0 Å². The van der Waals surface area contributed by atoms with E-state index in [1.165, 1.54) is 6.92 Å². The highest BCUT2D eigenvalue weighted by atomic mass is 16.6. The summed E-state index contributed by atoms with van der Waals surface area (Å²) in [6.07, 6.45) is -0.743. The summed E-state index contributed by atoms with van der Waals surface area (Å²) in [5.41, 5.74) is 0.317. The maximum absolute atomic E-state index is 12.4. The third kappa shape index (κ3) is 3.04. The number of para-hydroxylation sites is 1. The molecular weight excluding hydrogens is 272 g/mol. The Kier molecular flexibility index (Phi) is 3.72. The topological polar surface area (TPSA) is 75.7 Å². The predicted octanol–water partition coefficient (Wildman–Crippen LogP) is 2.15. The van der Waals surface area contributed by atoms with Crippen LogP contribution in [0.3, 0.4) is 0 Å². The molecule has 6 heteroatoms. The number of fused-ring (bicyclic) bond motifs is 1. The Labute approximate surface area is 123 Å². The molecule has 3 amide bonds. The Morgan fingerprint density at radius 2 is 1.86 bits per heavy atom. The Morgan fingerprint density at radius 1 is 1.24 bits per heavy atom. The molecule has 0 saturated heterocycles. The SMILES string of the molecule is CC(=O)NC1C(=O)N(C(=O)OC(C)(C)C)c2ccccc21. The molecule has 21 heavy (non-hydrogen) atoms. The minimum absolute atomic E-state index is 0.339. The molecule has 1 aliphatic heterocycles. The zero-order valence-corrected chi connectivity index (χ0v) is 12.5. The standard InChI is InChI=1S/C15H18N2O4/c1-9(18)16-12-10-7-5-6-8-11(10)17(13(12)19)14(20)21-15(2,3)4/h5-8,12H,1-4H3,(H,16,18). The van der Waals surface area contributed by atoms with Crippen LogP contribution in [0, 0.1) is 0 Å². The average Bonchev–Trinajstić information content (AvgIpc) is 2.60. The molecule has 1 aromatic carbocycles. The van der Waals surface area contributed by atoms with Crippen molar-refractivity contribution in [1.82, 2.24) is 5.32 Å². The lowest BCUT2D eigenvalue weighted by atomic mass is 10.1. The van der Waals surface area contributed by atoms with Gasteiger partial charge in [0.1, 0.15) is 11.6 Å². The van der Waals surface area contributed by atoms with Crippen LogP contribution in [0.5, 0.6) is 0 Å². The first kappa shape index (κ1) is 15.0. The number of anilines is 1. The summed E-state index contributed by atoms with van der Waals surface area (Å²) in [4.78, 5) is 36.9. The molecule has 0 aliphatic carbocycles. The smallest absolute Gasteiger partial charge is 0.421 e. The van der Waals surface area contributed by atoms with Crippen molar-refractivity contribution in [3.8, 4) is 0 Å². The van der Waals surface area contributed by atoms with E-state index in [9.17, 15) is 14.4 Å². The van der Waals surface area contributed by atoms with E-state index in [1.807, 2.05) is 0 Å². The maximum atomic E-state index is 12.4. The van der Waals surface area contributed by atoms with Gasteiger partial charge < -0.3 is 10.1 Å². The van der Waals surface area contributed by atoms with Crippen LogP contribution < -0.4 is 10.2 Å². The predicted molar refractivity (Wildman–Crippen MR) is 76.7 cm³/mol. The first-order chi connectivity index (χ1) is 9.70. The number of ether oxygens (including phenoxy) is 1. The number of benzene rings is 1. The van der Waals surface area contributed by atoms with E-state index in [4.69, 9.17) is 4.74 Å². The molecule has 1 unspecified atom stereocenters. The van der Waals surface area contributed by atoms with E-state index < -0.39 is 23.6 Å². The normalized spacial score (nSPS) is 17.4. The zero-order chi connectivity index (χ0) is 15.8. The summed E-state index contributed by atoms with van der Waals surface area (Å²) >= 11 is 0. The number of rotatable bonds is 1. The molecule has 0 aromatic heterocycles. The number of hydrogen-bond acceptors (Lipinski definition) is 4. The Hall–Kier alpha value is -2.37. The van der Waals surface area contributed by atoms with Crippen LogP contribution in [0.2, 0.25) is 0 Å². The summed E-state index contributed by atoms with van der Waals surface area (Å²) in [6, 6.07) is 5.97. The lowest BCUT2D eigenvalue weighted by molar-refractivity contribution is -0.126. The third-order valence-electron chi connectivity index (χ3n) is 2.88. The van der Waals surface area contributed by atoms with Gasteiger partial charge in [0.2, 0.25) is 5.91 Å². The number of imide groups is 1. The molecule has 0 fully saturated rings. The summed E-state index contributed by atoms with van der Waals surface area (Å²) in [5.74, 6) is -0.852. The molecule has 0 saturated carbocycles. The van der Waals surface area contributed by atoms with Crippen LogP contribution in [-0.2, 0) is 14.3 Å². The van der Waals surface area contributed by atoms with Gasteiger partial charge in [0.25, 0.3) is 5.91 Å². The van der Waals surface area contributed by atoms with E-state index >= 15 is 0 Å². The van der Waals surface area contributed by atoms with E-state index in [2.05, 4.69) is 5.32 Å². The van der Waals surface area contributed by atoms with Gasteiger partial charge >= 0.3 is 6.09 Å². The monoisotopic (exact) mass is 290 g/mol. The Balaban J connectivity index is 2.38. The van der Waals surface area contributed by atoms with Gasteiger partial charge in [-0.1, -0.05) is 18.2 Å². The fourth-order valence-corrected chi connectivity index (χ4v) is 2.15. The van der Waals surface area contributed by atoms with Crippen LogP contribution >= 0.6 is 0 Å². The first-order valence-electron chi connectivity index (χ1n) is 6.63. The van der Waals surface area contributed by atoms with Crippen molar-refractivity contribution in [2.45, 2.75) is 39.3 Å². The summed E-state index contributed by atoms with van der Waals surface area (Å²) in [5, 5.41) is 2.56. The largest absolute Gasteiger partial charge is 0.443 e. The van der Waals surface area contributed by atoms with Crippen molar-refractivity contribution in [3.05, 3.63) is 29.8 Å². The fraction of sp³-hybridized carbons (Fsp3) is 0.400. The second-order valence-electron chi connectivity index (χ2n) is 5.85. The molecule has 1 atom stereocenters. The average molecular weight is 290 g/mol. The van der Waals surface area contributed by atoms with Crippen LogP contribution in [0.1, 0.15) is 39.3 Å². The number of carbonyl (C=O) groups excluding carboxylic acids is 3. The van der Waals surface area contributed by atoms with Gasteiger partial charge in [0.05, 0.1) is 5.69 Å². The number of nitrogens with one attached hydrogen (secondary N) is 1. The molecule has 0 spiro atoms. The summed E-state index contributed by atoms with van der Waals surface area (Å²) < 4.78 is 5.26. The third-order valence-corrected chi connectivity index (χ3v) is 2.88. The highest BCUT2D eigenvalue weighted by Gasteiger charge is 2.42. The fourth-order valence-electron chi connectivity index (χ4n) is 2.15. The number of nitrogens with zero attached hydrogens (tertiary/aromatic N) is 1. The Morgan fingerprint density at radius 3 is 2.43 bits per heavy atom. The van der Waals surface area contributed by atoms with Crippen molar-refractivity contribution >= 4 is 23.6 Å². The van der Waals surface area contributed by atoms with E-state index in [1.54, 1.807) is 45.0 Å². The number of amides is 3. The quantitative estimate of drug-likeness (QED) is 0.859. The highest BCUT2D eigenvalue weighted by molar-refractivity contribution is 6.19. The van der Waals surface area contributed by atoms with E-state index in [0.29, 0.717) is 11.3 Å². The lowest BCUT2D eigenvalue weighted by Gasteiger charge is -2.24. The van der Waals surface area contributed by atoms with Gasteiger partial charge in [-0.3, -0.25) is 9.59 Å². The second-order valence-corrected chi connectivity index (χ2v) is 5.85. The van der Waals surface area contributed by atoms with Crippen molar-refractivity contribution in [1.29, 1.82) is 0 Å². The molecule has 1 aromatic rings. The van der Waals surface area contributed by atoms with Gasteiger partial charge in [-0.25, -0.2) is 9.69 Å². The van der Waals surface area contributed by atoms with Gasteiger partial charge in [0, 0.05) is 12.5 Å². The van der Waals surface area contributed by atoms with Crippen molar-refractivity contribution < 1.29 is 19.1 Å². The molecule has 1 aliphatic rings. The minimum atomic E-state index is -0.855. The van der Waals surface area contributed by atoms with Crippen molar-refractivity contribution in [3.63, 3.8) is 0 Å². The zero-order valence-electron chi connectivity index (χ0n) is 12.5. The Bertz CT molecular complexity index is 604.